The van der Waals surface area contributed by atoms with E-state index in [0.717, 1.165) is 12.2 Å². The molecule has 0 aliphatic rings. The number of hydrogen-bond acceptors (Lipinski definition) is 5. The highest BCUT2D eigenvalue weighted by molar-refractivity contribution is 6.07. The molecule has 0 spiro atoms. The van der Waals surface area contributed by atoms with E-state index < -0.39 is 0 Å². The molecule has 0 fully saturated rings. The van der Waals surface area contributed by atoms with Crippen molar-refractivity contribution in [2.75, 3.05) is 30.9 Å². The van der Waals surface area contributed by atoms with Crippen LogP contribution in [0.3, 0.4) is 0 Å². The van der Waals surface area contributed by atoms with Crippen molar-refractivity contribution in [3.63, 3.8) is 0 Å². The molecule has 0 aliphatic heterocycles. The van der Waals surface area contributed by atoms with Crippen molar-refractivity contribution in [2.45, 2.75) is 13.5 Å². The lowest BCUT2D eigenvalue weighted by atomic mass is 10.2. The molecule has 112 valence electrons. The van der Waals surface area contributed by atoms with E-state index in [1.807, 2.05) is 6.92 Å². The van der Waals surface area contributed by atoms with Crippen LogP contribution in [0.1, 0.15) is 17.3 Å². The summed E-state index contributed by atoms with van der Waals surface area (Å²) in [5.41, 5.74) is 1.91. The smallest absolute Gasteiger partial charge is 0.259 e. The fourth-order valence-electron chi connectivity index (χ4n) is 1.85. The maximum atomic E-state index is 12.3. The molecule has 2 aromatic heterocycles. The number of nitrogens with one attached hydrogen (secondary N) is 2. The molecule has 2 aromatic rings. The van der Waals surface area contributed by atoms with E-state index in [1.54, 1.807) is 42.6 Å². The van der Waals surface area contributed by atoms with Crippen molar-refractivity contribution in [2.24, 2.45) is 0 Å². The first kappa shape index (κ1) is 15.0. The van der Waals surface area contributed by atoms with Crippen LogP contribution in [0.4, 0.5) is 11.4 Å². The Balaban J connectivity index is 2.05. The minimum Gasteiger partial charge on any atom is -0.385 e. The topological polar surface area (TPSA) is 81.1 Å². The third-order valence-corrected chi connectivity index (χ3v) is 2.85. The van der Waals surface area contributed by atoms with Gasteiger partial charge in [0.2, 0.25) is 0 Å². The van der Waals surface area contributed by atoms with Gasteiger partial charge >= 0.3 is 0 Å². The van der Waals surface area contributed by atoms with Crippen molar-refractivity contribution >= 4 is 17.3 Å². The predicted molar refractivity (Wildman–Crippen MR) is 80.5 cm³/mol. The summed E-state index contributed by atoms with van der Waals surface area (Å²) in [5, 5.41) is 10.1. The Morgan fingerprint density at radius 3 is 3.05 bits per heavy atom. The highest BCUT2D eigenvalue weighted by Gasteiger charge is 2.12. The Morgan fingerprint density at radius 1 is 1.43 bits per heavy atom. The lowest BCUT2D eigenvalue weighted by Gasteiger charge is -2.09. The van der Waals surface area contributed by atoms with Gasteiger partial charge in [-0.3, -0.25) is 14.5 Å². The van der Waals surface area contributed by atoms with Crippen LogP contribution >= 0.6 is 0 Å². The number of carbonyl (C=O) groups is 1. The molecular formula is C14H19N5O2. The van der Waals surface area contributed by atoms with Gasteiger partial charge in [-0.15, -0.1) is 0 Å². The van der Waals surface area contributed by atoms with Gasteiger partial charge in [0.25, 0.3) is 5.91 Å². The Kier molecular flexibility index (Phi) is 5.28. The molecular weight excluding hydrogens is 270 g/mol. The zero-order valence-corrected chi connectivity index (χ0v) is 12.2. The monoisotopic (exact) mass is 289 g/mol. The third-order valence-electron chi connectivity index (χ3n) is 2.85. The van der Waals surface area contributed by atoms with E-state index in [1.165, 1.54) is 0 Å². The Bertz CT molecular complexity index is 597. The molecule has 0 radical (unpaired) electrons. The molecule has 0 saturated heterocycles. The molecule has 2 N–H and O–H groups in total. The van der Waals surface area contributed by atoms with Crippen LogP contribution in [0.5, 0.6) is 0 Å². The van der Waals surface area contributed by atoms with E-state index in [2.05, 4.69) is 20.7 Å². The first-order valence-electron chi connectivity index (χ1n) is 6.75. The average Bonchev–Trinajstić information content (AvgIpc) is 2.93. The standard InChI is InChI=1S/C14H19N5O2/c1-3-16-13-4-5-15-9-12(13)14(20)18-11-8-17-19(10-11)6-7-21-2/h4-5,8-10H,3,6-7H2,1-2H3,(H,15,16)(H,18,20). The molecule has 2 heterocycles. The van der Waals surface area contributed by atoms with Crippen LogP contribution in [0.15, 0.2) is 30.9 Å². The Morgan fingerprint density at radius 2 is 2.29 bits per heavy atom. The summed E-state index contributed by atoms with van der Waals surface area (Å²) in [4.78, 5) is 16.3. The van der Waals surface area contributed by atoms with Gasteiger partial charge in [0.1, 0.15) is 0 Å². The minimum absolute atomic E-state index is 0.217. The van der Waals surface area contributed by atoms with Gasteiger partial charge in [0.15, 0.2) is 0 Å². The van der Waals surface area contributed by atoms with Crippen LogP contribution in [0.25, 0.3) is 0 Å². The van der Waals surface area contributed by atoms with Crippen molar-refractivity contribution in [3.8, 4) is 0 Å². The first-order chi connectivity index (χ1) is 10.2. The highest BCUT2D eigenvalue weighted by Crippen LogP contribution is 2.15. The fourth-order valence-corrected chi connectivity index (χ4v) is 1.85. The predicted octanol–water partition coefficient (Wildman–Crippen LogP) is 1.61. The molecule has 2 rings (SSSR count). The highest BCUT2D eigenvalue weighted by atomic mass is 16.5. The molecule has 7 nitrogen and oxygen atoms in total. The van der Waals surface area contributed by atoms with Crippen LogP contribution in [0, 0.1) is 0 Å². The summed E-state index contributed by atoms with van der Waals surface area (Å²) in [6.07, 6.45) is 6.57. The maximum absolute atomic E-state index is 12.3. The summed E-state index contributed by atoms with van der Waals surface area (Å²) in [6, 6.07) is 1.78. The molecule has 0 aliphatic carbocycles. The van der Waals surface area contributed by atoms with E-state index in [0.29, 0.717) is 24.4 Å². The van der Waals surface area contributed by atoms with Gasteiger partial charge in [-0.2, -0.15) is 5.10 Å². The van der Waals surface area contributed by atoms with Crippen LogP contribution in [0.2, 0.25) is 0 Å². The second-order valence-electron chi connectivity index (χ2n) is 4.39. The van der Waals surface area contributed by atoms with Gasteiger partial charge in [-0.1, -0.05) is 0 Å². The zero-order valence-electron chi connectivity index (χ0n) is 12.2. The number of pyridine rings is 1. The second-order valence-corrected chi connectivity index (χ2v) is 4.39. The molecule has 0 bridgehead atoms. The van der Waals surface area contributed by atoms with Gasteiger partial charge in [0.05, 0.1) is 36.3 Å². The van der Waals surface area contributed by atoms with Crippen molar-refractivity contribution in [1.29, 1.82) is 0 Å². The molecule has 0 atom stereocenters. The molecule has 0 unspecified atom stereocenters. The van der Waals surface area contributed by atoms with E-state index in [-0.39, 0.29) is 5.91 Å². The van der Waals surface area contributed by atoms with E-state index in [4.69, 9.17) is 4.74 Å². The molecule has 0 saturated carbocycles. The van der Waals surface area contributed by atoms with Gasteiger partial charge in [-0.25, -0.2) is 0 Å². The van der Waals surface area contributed by atoms with Gasteiger partial charge < -0.3 is 15.4 Å². The third kappa shape index (κ3) is 4.03. The number of carbonyl (C=O) groups excluding carboxylic acids is 1. The Hall–Kier alpha value is -2.41. The van der Waals surface area contributed by atoms with Gasteiger partial charge in [-0.05, 0) is 13.0 Å². The first-order valence-corrected chi connectivity index (χ1v) is 6.75. The van der Waals surface area contributed by atoms with Crippen LogP contribution < -0.4 is 10.6 Å². The number of anilines is 2. The largest absolute Gasteiger partial charge is 0.385 e. The molecule has 1 amide bonds. The van der Waals surface area contributed by atoms with Crippen LogP contribution in [-0.2, 0) is 11.3 Å². The summed E-state index contributed by atoms with van der Waals surface area (Å²) in [7, 11) is 1.64. The average molecular weight is 289 g/mol. The summed E-state index contributed by atoms with van der Waals surface area (Å²) >= 11 is 0. The molecule has 7 heteroatoms. The normalized spacial score (nSPS) is 10.4. The number of rotatable bonds is 7. The van der Waals surface area contributed by atoms with Crippen molar-refractivity contribution in [3.05, 3.63) is 36.4 Å². The van der Waals surface area contributed by atoms with Crippen LogP contribution in [-0.4, -0.2) is 40.9 Å². The van der Waals surface area contributed by atoms with Crippen molar-refractivity contribution in [1.82, 2.24) is 14.8 Å². The maximum Gasteiger partial charge on any atom is 0.259 e. The van der Waals surface area contributed by atoms with Gasteiger partial charge in [0, 0.05) is 32.2 Å². The zero-order chi connectivity index (χ0) is 15.1. The molecule has 21 heavy (non-hydrogen) atoms. The minimum atomic E-state index is -0.217. The number of hydrogen-bond donors (Lipinski definition) is 2. The number of amides is 1. The quantitative estimate of drug-likeness (QED) is 0.809. The lowest BCUT2D eigenvalue weighted by Crippen LogP contribution is -2.15. The molecule has 0 aromatic carbocycles. The second kappa shape index (κ2) is 7.39. The lowest BCUT2D eigenvalue weighted by molar-refractivity contribution is 0.102. The number of aromatic nitrogens is 3. The van der Waals surface area contributed by atoms with E-state index >= 15 is 0 Å². The summed E-state index contributed by atoms with van der Waals surface area (Å²) < 4.78 is 6.70. The summed E-state index contributed by atoms with van der Waals surface area (Å²) in [5.74, 6) is -0.217. The van der Waals surface area contributed by atoms with Crippen molar-refractivity contribution < 1.29 is 9.53 Å². The van der Waals surface area contributed by atoms with E-state index in [9.17, 15) is 4.79 Å². The number of ether oxygens (including phenoxy) is 1. The number of nitrogens with zero attached hydrogens (tertiary/aromatic N) is 3. The fraction of sp³-hybridized carbons (Fsp3) is 0.357. The number of methoxy groups -OCH3 is 1. The summed E-state index contributed by atoms with van der Waals surface area (Å²) in [6.45, 7) is 3.92. The Labute approximate surface area is 123 Å². The SMILES string of the molecule is CCNc1ccncc1C(=O)Nc1cnn(CCOC)c1.